The van der Waals surface area contributed by atoms with Crippen molar-refractivity contribution in [1.29, 1.82) is 0 Å². The highest BCUT2D eigenvalue weighted by molar-refractivity contribution is 6.33. The first-order valence-electron chi connectivity index (χ1n) is 5.02. The van der Waals surface area contributed by atoms with Crippen molar-refractivity contribution in [2.75, 3.05) is 38.7 Å². The lowest BCUT2D eigenvalue weighted by molar-refractivity contribution is 0.200. The van der Waals surface area contributed by atoms with Crippen LogP contribution in [0.3, 0.4) is 0 Å². The van der Waals surface area contributed by atoms with Crippen LogP contribution in [0.2, 0.25) is 5.02 Å². The van der Waals surface area contributed by atoms with Gasteiger partial charge < -0.3 is 15.4 Å². The Bertz CT molecular complexity index is 281. The molecule has 84 valence electrons. The van der Waals surface area contributed by atoms with Gasteiger partial charge in [-0.25, -0.2) is 0 Å². The Kier molecular flexibility index (Phi) is 6.16. The van der Waals surface area contributed by atoms with E-state index in [-0.39, 0.29) is 0 Å². The molecule has 1 aromatic carbocycles. The van der Waals surface area contributed by atoms with Crippen LogP contribution in [0.4, 0.5) is 5.69 Å². The first-order chi connectivity index (χ1) is 7.34. The SMILES string of the molecule is COCCNCCNc1ccccc1Cl. The Morgan fingerprint density at radius 3 is 2.73 bits per heavy atom. The molecule has 0 aromatic heterocycles. The third-order valence-electron chi connectivity index (χ3n) is 1.97. The first kappa shape index (κ1) is 12.3. The molecule has 0 radical (unpaired) electrons. The summed E-state index contributed by atoms with van der Waals surface area (Å²) in [4.78, 5) is 0. The summed E-state index contributed by atoms with van der Waals surface area (Å²) in [6.45, 7) is 3.37. The van der Waals surface area contributed by atoms with Crippen molar-refractivity contribution in [3.8, 4) is 0 Å². The smallest absolute Gasteiger partial charge is 0.0637 e. The quantitative estimate of drug-likeness (QED) is 0.701. The molecule has 0 bridgehead atoms. The summed E-state index contributed by atoms with van der Waals surface area (Å²) < 4.78 is 4.92. The molecule has 0 aliphatic rings. The molecule has 2 N–H and O–H groups in total. The summed E-state index contributed by atoms with van der Waals surface area (Å²) in [5.41, 5.74) is 0.979. The average molecular weight is 229 g/mol. The van der Waals surface area contributed by atoms with Crippen molar-refractivity contribution in [3.05, 3.63) is 29.3 Å². The zero-order valence-electron chi connectivity index (χ0n) is 8.92. The van der Waals surface area contributed by atoms with Crippen molar-refractivity contribution >= 4 is 17.3 Å². The van der Waals surface area contributed by atoms with Crippen molar-refractivity contribution < 1.29 is 4.74 Å². The van der Waals surface area contributed by atoms with Gasteiger partial charge in [0.2, 0.25) is 0 Å². The third-order valence-corrected chi connectivity index (χ3v) is 2.30. The van der Waals surface area contributed by atoms with Crippen LogP contribution in [0.1, 0.15) is 0 Å². The van der Waals surface area contributed by atoms with E-state index in [1.165, 1.54) is 0 Å². The van der Waals surface area contributed by atoms with Gasteiger partial charge in [-0.15, -0.1) is 0 Å². The molecule has 0 fully saturated rings. The molecule has 15 heavy (non-hydrogen) atoms. The molecule has 0 saturated carbocycles. The molecular formula is C11H17ClN2O. The van der Waals surface area contributed by atoms with Gasteiger partial charge in [0, 0.05) is 26.7 Å². The van der Waals surface area contributed by atoms with E-state index < -0.39 is 0 Å². The topological polar surface area (TPSA) is 33.3 Å². The highest BCUT2D eigenvalue weighted by Gasteiger charge is 1.96. The van der Waals surface area contributed by atoms with Crippen molar-refractivity contribution in [1.82, 2.24) is 5.32 Å². The van der Waals surface area contributed by atoms with Gasteiger partial charge in [-0.2, -0.15) is 0 Å². The van der Waals surface area contributed by atoms with Crippen LogP contribution < -0.4 is 10.6 Å². The Labute approximate surface area is 95.8 Å². The fourth-order valence-electron chi connectivity index (χ4n) is 1.19. The number of halogens is 1. The third kappa shape index (κ3) is 5.02. The fourth-order valence-corrected chi connectivity index (χ4v) is 1.39. The number of para-hydroxylation sites is 1. The standard InChI is InChI=1S/C11H17ClN2O/c1-15-9-8-13-6-7-14-11-5-3-2-4-10(11)12/h2-5,13-14H,6-9H2,1H3. The van der Waals surface area contributed by atoms with Gasteiger partial charge in [0.15, 0.2) is 0 Å². The summed E-state index contributed by atoms with van der Waals surface area (Å²) in [5.74, 6) is 0. The Hall–Kier alpha value is -0.770. The molecule has 0 unspecified atom stereocenters. The van der Waals surface area contributed by atoms with Crippen LogP contribution in [0.15, 0.2) is 24.3 Å². The van der Waals surface area contributed by atoms with E-state index in [9.17, 15) is 0 Å². The van der Waals surface area contributed by atoms with Gasteiger partial charge in [-0.05, 0) is 12.1 Å². The van der Waals surface area contributed by atoms with Crippen molar-refractivity contribution in [2.45, 2.75) is 0 Å². The predicted molar refractivity (Wildman–Crippen MR) is 64.7 cm³/mol. The van der Waals surface area contributed by atoms with Crippen molar-refractivity contribution in [2.24, 2.45) is 0 Å². The molecule has 0 aliphatic heterocycles. The van der Waals surface area contributed by atoms with Gasteiger partial charge in [0.1, 0.15) is 0 Å². The molecule has 0 heterocycles. The summed E-state index contributed by atoms with van der Waals surface area (Å²) in [7, 11) is 1.70. The Balaban J connectivity index is 2.12. The van der Waals surface area contributed by atoms with E-state index in [0.29, 0.717) is 0 Å². The molecule has 0 spiro atoms. The second-order valence-electron chi connectivity index (χ2n) is 3.15. The fraction of sp³-hybridized carbons (Fsp3) is 0.455. The number of hydrogen-bond donors (Lipinski definition) is 2. The lowest BCUT2D eigenvalue weighted by atomic mass is 10.3. The normalized spacial score (nSPS) is 10.3. The monoisotopic (exact) mass is 228 g/mol. The average Bonchev–Trinajstić information content (AvgIpc) is 2.25. The first-order valence-corrected chi connectivity index (χ1v) is 5.40. The van der Waals surface area contributed by atoms with Gasteiger partial charge in [0.25, 0.3) is 0 Å². The van der Waals surface area contributed by atoms with E-state index in [2.05, 4.69) is 10.6 Å². The minimum absolute atomic E-state index is 0.742. The minimum atomic E-state index is 0.742. The van der Waals surface area contributed by atoms with E-state index in [1.807, 2.05) is 24.3 Å². The summed E-state index contributed by atoms with van der Waals surface area (Å²) in [5, 5.41) is 7.26. The predicted octanol–water partition coefficient (Wildman–Crippen LogP) is 1.99. The highest BCUT2D eigenvalue weighted by Crippen LogP contribution is 2.19. The maximum Gasteiger partial charge on any atom is 0.0637 e. The molecule has 4 heteroatoms. The second-order valence-corrected chi connectivity index (χ2v) is 3.56. The zero-order valence-corrected chi connectivity index (χ0v) is 9.68. The number of methoxy groups -OCH3 is 1. The number of rotatable bonds is 7. The molecule has 1 rings (SSSR count). The van der Waals surface area contributed by atoms with Crippen LogP contribution in [0.5, 0.6) is 0 Å². The molecule has 3 nitrogen and oxygen atoms in total. The van der Waals surface area contributed by atoms with Crippen molar-refractivity contribution in [3.63, 3.8) is 0 Å². The summed E-state index contributed by atoms with van der Waals surface area (Å²) >= 11 is 5.98. The van der Waals surface area contributed by atoms with Crippen LogP contribution in [0, 0.1) is 0 Å². The molecule has 0 aliphatic carbocycles. The Morgan fingerprint density at radius 1 is 1.20 bits per heavy atom. The summed E-state index contributed by atoms with van der Waals surface area (Å²) in [6.07, 6.45) is 0. The van der Waals surface area contributed by atoms with Gasteiger partial charge in [-0.1, -0.05) is 23.7 Å². The number of ether oxygens (including phenoxy) is 1. The lowest BCUT2D eigenvalue weighted by Crippen LogP contribution is -2.25. The number of hydrogen-bond acceptors (Lipinski definition) is 3. The number of nitrogens with one attached hydrogen (secondary N) is 2. The van der Waals surface area contributed by atoms with Gasteiger partial charge in [-0.3, -0.25) is 0 Å². The second kappa shape index (κ2) is 7.51. The molecule has 1 aromatic rings. The molecule has 0 atom stereocenters. The summed E-state index contributed by atoms with van der Waals surface area (Å²) in [6, 6.07) is 7.73. The van der Waals surface area contributed by atoms with Crippen LogP contribution in [-0.4, -0.2) is 33.4 Å². The van der Waals surface area contributed by atoms with E-state index in [4.69, 9.17) is 16.3 Å². The largest absolute Gasteiger partial charge is 0.383 e. The molecular weight excluding hydrogens is 212 g/mol. The highest BCUT2D eigenvalue weighted by atomic mass is 35.5. The van der Waals surface area contributed by atoms with Gasteiger partial charge in [0.05, 0.1) is 17.3 Å². The number of benzene rings is 1. The van der Waals surface area contributed by atoms with Crippen LogP contribution >= 0.6 is 11.6 Å². The van der Waals surface area contributed by atoms with E-state index >= 15 is 0 Å². The van der Waals surface area contributed by atoms with E-state index in [1.54, 1.807) is 7.11 Å². The maximum absolute atomic E-state index is 5.98. The minimum Gasteiger partial charge on any atom is -0.383 e. The molecule has 0 amide bonds. The van der Waals surface area contributed by atoms with Crippen LogP contribution in [0.25, 0.3) is 0 Å². The Morgan fingerprint density at radius 2 is 2.00 bits per heavy atom. The maximum atomic E-state index is 5.98. The van der Waals surface area contributed by atoms with E-state index in [0.717, 1.165) is 37.0 Å². The molecule has 0 saturated heterocycles. The number of anilines is 1. The van der Waals surface area contributed by atoms with Gasteiger partial charge >= 0.3 is 0 Å². The zero-order chi connectivity index (χ0) is 10.9. The lowest BCUT2D eigenvalue weighted by Gasteiger charge is -2.08. The van der Waals surface area contributed by atoms with Crippen LogP contribution in [-0.2, 0) is 4.74 Å².